The molecule has 0 aromatic heterocycles. The van der Waals surface area contributed by atoms with Gasteiger partial charge >= 0.3 is 5.97 Å². The fraction of sp³-hybridized carbons (Fsp3) is 0. The number of aliphatic carboxylic acids is 1. The molecule has 7 heteroatoms. The lowest BCUT2D eigenvalue weighted by Gasteiger charge is -2.06. The summed E-state index contributed by atoms with van der Waals surface area (Å²) in [5.74, 6) is -1.25. The number of carboxylic acids is 1. The van der Waals surface area contributed by atoms with Gasteiger partial charge in [-0.05, 0) is 35.9 Å². The molecule has 2 aromatic carbocycles. The summed E-state index contributed by atoms with van der Waals surface area (Å²) in [5, 5.41) is 19.9. The van der Waals surface area contributed by atoms with Gasteiger partial charge in [0.25, 0.3) is 5.69 Å². The average molecular weight is 364 g/mol. The van der Waals surface area contributed by atoms with Crippen molar-refractivity contribution in [3.05, 3.63) is 74.4 Å². The number of ether oxygens (including phenoxy) is 1. The number of benzene rings is 2. The Balaban J connectivity index is 2.31. The highest BCUT2D eigenvalue weighted by atomic mass is 79.9. The third-order valence-electron chi connectivity index (χ3n) is 2.63. The van der Waals surface area contributed by atoms with E-state index in [9.17, 15) is 20.0 Å². The summed E-state index contributed by atoms with van der Waals surface area (Å²) >= 11 is 3.27. The standard InChI is InChI=1S/C15H10BrNO5/c16-11-4-6-13(7-5-11)22-14(15(18)19)9-10-2-1-3-12(8-10)17(20)21/h1-9H,(H,18,19)/b14-9-. The molecule has 112 valence electrons. The lowest BCUT2D eigenvalue weighted by Crippen LogP contribution is -2.07. The fourth-order valence-corrected chi connectivity index (χ4v) is 1.91. The largest absolute Gasteiger partial charge is 0.475 e. The minimum atomic E-state index is -1.27. The molecule has 0 heterocycles. The number of carboxylic acid groups (broad SMARTS) is 1. The first-order chi connectivity index (χ1) is 10.5. The van der Waals surface area contributed by atoms with Gasteiger partial charge in [-0.3, -0.25) is 10.1 Å². The Morgan fingerprint density at radius 3 is 2.50 bits per heavy atom. The van der Waals surface area contributed by atoms with Gasteiger partial charge in [-0.15, -0.1) is 0 Å². The van der Waals surface area contributed by atoms with E-state index in [0.29, 0.717) is 11.3 Å². The number of hydrogen-bond donors (Lipinski definition) is 1. The molecule has 6 nitrogen and oxygen atoms in total. The first-order valence-corrected chi connectivity index (χ1v) is 6.88. The van der Waals surface area contributed by atoms with Crippen LogP contribution in [0.25, 0.3) is 6.08 Å². The zero-order chi connectivity index (χ0) is 16.1. The molecule has 0 spiro atoms. The zero-order valence-corrected chi connectivity index (χ0v) is 12.7. The van der Waals surface area contributed by atoms with Gasteiger partial charge in [-0.2, -0.15) is 0 Å². The molecular formula is C15H10BrNO5. The predicted molar refractivity (Wildman–Crippen MR) is 83.5 cm³/mol. The van der Waals surface area contributed by atoms with Crippen molar-refractivity contribution < 1.29 is 19.6 Å². The van der Waals surface area contributed by atoms with E-state index in [1.54, 1.807) is 30.3 Å². The van der Waals surface area contributed by atoms with Gasteiger partial charge in [-0.1, -0.05) is 28.1 Å². The van der Waals surface area contributed by atoms with Crippen LogP contribution in [0.5, 0.6) is 5.75 Å². The van der Waals surface area contributed by atoms with Gasteiger partial charge in [-0.25, -0.2) is 4.79 Å². The Hall–Kier alpha value is -2.67. The van der Waals surface area contributed by atoms with Crippen LogP contribution in [-0.2, 0) is 4.79 Å². The van der Waals surface area contributed by atoms with Crippen molar-refractivity contribution in [2.75, 3.05) is 0 Å². The lowest BCUT2D eigenvalue weighted by molar-refractivity contribution is -0.384. The molecule has 0 saturated heterocycles. The highest BCUT2D eigenvalue weighted by Gasteiger charge is 2.12. The minimum absolute atomic E-state index is 0.123. The summed E-state index contributed by atoms with van der Waals surface area (Å²) in [5.41, 5.74) is 0.242. The van der Waals surface area contributed by atoms with E-state index in [4.69, 9.17) is 4.74 Å². The maximum Gasteiger partial charge on any atom is 0.371 e. The molecule has 0 saturated carbocycles. The van der Waals surface area contributed by atoms with Crippen LogP contribution in [0.15, 0.2) is 58.8 Å². The van der Waals surface area contributed by atoms with Crippen molar-refractivity contribution >= 4 is 33.7 Å². The number of rotatable bonds is 5. The molecule has 0 amide bonds. The first-order valence-electron chi connectivity index (χ1n) is 6.08. The van der Waals surface area contributed by atoms with Gasteiger partial charge in [0.1, 0.15) is 5.75 Å². The van der Waals surface area contributed by atoms with Crippen molar-refractivity contribution in [1.29, 1.82) is 0 Å². The quantitative estimate of drug-likeness (QED) is 0.377. The molecule has 0 radical (unpaired) electrons. The molecule has 2 aromatic rings. The summed E-state index contributed by atoms with van der Waals surface area (Å²) in [4.78, 5) is 21.4. The molecule has 0 bridgehead atoms. The molecular weight excluding hydrogens is 354 g/mol. The molecule has 22 heavy (non-hydrogen) atoms. The molecule has 0 unspecified atom stereocenters. The molecule has 0 fully saturated rings. The maximum atomic E-state index is 11.3. The van der Waals surface area contributed by atoms with Crippen LogP contribution in [0.4, 0.5) is 5.69 Å². The zero-order valence-electron chi connectivity index (χ0n) is 11.1. The minimum Gasteiger partial charge on any atom is -0.475 e. The number of nitro benzene ring substituents is 1. The van der Waals surface area contributed by atoms with Gasteiger partial charge in [0.05, 0.1) is 4.92 Å². The Labute approximate surface area is 133 Å². The topological polar surface area (TPSA) is 89.7 Å². The molecule has 0 atom stereocenters. The van der Waals surface area contributed by atoms with Crippen molar-refractivity contribution in [1.82, 2.24) is 0 Å². The van der Waals surface area contributed by atoms with E-state index >= 15 is 0 Å². The van der Waals surface area contributed by atoms with Gasteiger partial charge in [0.15, 0.2) is 0 Å². The number of non-ortho nitro benzene ring substituents is 1. The summed E-state index contributed by atoms with van der Waals surface area (Å²) in [7, 11) is 0. The van der Waals surface area contributed by atoms with Crippen molar-refractivity contribution in [3.8, 4) is 5.75 Å². The molecule has 1 N–H and O–H groups in total. The van der Waals surface area contributed by atoms with Crippen LogP contribution in [0.3, 0.4) is 0 Å². The van der Waals surface area contributed by atoms with Crippen LogP contribution in [-0.4, -0.2) is 16.0 Å². The van der Waals surface area contributed by atoms with E-state index in [0.717, 1.165) is 4.47 Å². The van der Waals surface area contributed by atoms with E-state index in [-0.39, 0.29) is 11.4 Å². The predicted octanol–water partition coefficient (Wildman–Crippen LogP) is 3.86. The van der Waals surface area contributed by atoms with Gasteiger partial charge in [0.2, 0.25) is 5.76 Å². The van der Waals surface area contributed by atoms with Crippen LogP contribution < -0.4 is 4.74 Å². The number of nitro groups is 1. The van der Waals surface area contributed by atoms with E-state index in [1.807, 2.05) is 0 Å². The number of carbonyl (C=O) groups is 1. The van der Waals surface area contributed by atoms with Crippen LogP contribution in [0, 0.1) is 10.1 Å². The SMILES string of the molecule is O=C(O)/C(=C/c1cccc([N+](=O)[O-])c1)Oc1ccc(Br)cc1. The number of halogens is 1. The van der Waals surface area contributed by atoms with Gasteiger partial charge < -0.3 is 9.84 Å². The highest BCUT2D eigenvalue weighted by molar-refractivity contribution is 9.10. The monoisotopic (exact) mass is 363 g/mol. The number of hydrogen-bond acceptors (Lipinski definition) is 4. The third-order valence-corrected chi connectivity index (χ3v) is 3.16. The second-order valence-electron chi connectivity index (χ2n) is 4.22. The highest BCUT2D eigenvalue weighted by Crippen LogP contribution is 2.21. The molecule has 0 aliphatic heterocycles. The summed E-state index contributed by atoms with van der Waals surface area (Å²) in [6, 6.07) is 12.3. The maximum absolute atomic E-state index is 11.3. The van der Waals surface area contributed by atoms with Crippen molar-refractivity contribution in [3.63, 3.8) is 0 Å². The summed E-state index contributed by atoms with van der Waals surface area (Å²) in [6.45, 7) is 0. The second kappa shape index (κ2) is 6.86. The fourth-order valence-electron chi connectivity index (χ4n) is 1.64. The summed E-state index contributed by atoms with van der Waals surface area (Å²) < 4.78 is 6.14. The van der Waals surface area contributed by atoms with Crippen molar-refractivity contribution in [2.45, 2.75) is 0 Å². The van der Waals surface area contributed by atoms with Crippen LogP contribution in [0.1, 0.15) is 5.56 Å². The van der Waals surface area contributed by atoms with Crippen LogP contribution >= 0.6 is 15.9 Å². The van der Waals surface area contributed by atoms with Crippen molar-refractivity contribution in [2.24, 2.45) is 0 Å². The third kappa shape index (κ3) is 4.16. The normalized spacial score (nSPS) is 11.0. The smallest absolute Gasteiger partial charge is 0.371 e. The van der Waals surface area contributed by atoms with Gasteiger partial charge in [0, 0.05) is 16.6 Å². The van der Waals surface area contributed by atoms with E-state index in [2.05, 4.69) is 15.9 Å². The Bertz CT molecular complexity index is 740. The van der Waals surface area contributed by atoms with E-state index < -0.39 is 10.9 Å². The summed E-state index contributed by atoms with van der Waals surface area (Å²) in [6.07, 6.45) is 1.23. The molecule has 0 aliphatic carbocycles. The molecule has 2 rings (SSSR count). The number of nitrogens with zero attached hydrogens (tertiary/aromatic N) is 1. The van der Waals surface area contributed by atoms with Crippen LogP contribution in [0.2, 0.25) is 0 Å². The Morgan fingerprint density at radius 1 is 1.23 bits per heavy atom. The Morgan fingerprint density at radius 2 is 1.91 bits per heavy atom. The Kier molecular flexibility index (Phi) is 4.90. The molecule has 0 aliphatic rings. The first kappa shape index (κ1) is 15.7. The second-order valence-corrected chi connectivity index (χ2v) is 5.14. The average Bonchev–Trinajstić information content (AvgIpc) is 2.49. The lowest BCUT2D eigenvalue weighted by atomic mass is 10.2. The van der Waals surface area contributed by atoms with E-state index in [1.165, 1.54) is 24.3 Å².